The van der Waals surface area contributed by atoms with Crippen LogP contribution in [0.25, 0.3) is 16.6 Å². The van der Waals surface area contributed by atoms with E-state index in [1.165, 1.54) is 6.07 Å². The molecule has 3 N–H and O–H groups in total. The molecular formula is C27H26N6O3. The summed E-state index contributed by atoms with van der Waals surface area (Å²) in [6.07, 6.45) is 3.80. The topological polar surface area (TPSA) is 113 Å². The van der Waals surface area contributed by atoms with E-state index in [-0.39, 0.29) is 17.8 Å². The Hall–Kier alpha value is -4.66. The molecule has 5 rings (SSSR count). The van der Waals surface area contributed by atoms with Gasteiger partial charge in [-0.1, -0.05) is 18.2 Å². The van der Waals surface area contributed by atoms with Crippen molar-refractivity contribution in [3.63, 3.8) is 0 Å². The Kier molecular flexibility index (Phi) is 5.68. The zero-order valence-electron chi connectivity index (χ0n) is 20.2. The molecule has 0 saturated carbocycles. The van der Waals surface area contributed by atoms with Crippen LogP contribution in [0.15, 0.2) is 67.0 Å². The summed E-state index contributed by atoms with van der Waals surface area (Å²) in [6.45, 7) is 4.54. The second kappa shape index (κ2) is 8.84. The van der Waals surface area contributed by atoms with E-state index in [1.54, 1.807) is 35.0 Å². The number of anilines is 2. The summed E-state index contributed by atoms with van der Waals surface area (Å²) >= 11 is 0. The van der Waals surface area contributed by atoms with E-state index in [0.29, 0.717) is 29.0 Å². The number of aryl methyl sites for hydroxylation is 1. The highest BCUT2D eigenvalue weighted by Crippen LogP contribution is 2.29. The average Bonchev–Trinajstić information content (AvgIpc) is 3.38. The van der Waals surface area contributed by atoms with Gasteiger partial charge >= 0.3 is 6.03 Å². The van der Waals surface area contributed by atoms with Gasteiger partial charge in [0, 0.05) is 48.5 Å². The van der Waals surface area contributed by atoms with Gasteiger partial charge < -0.3 is 20.4 Å². The smallest absolute Gasteiger partial charge is 0.324 e. The molecule has 4 amide bonds. The summed E-state index contributed by atoms with van der Waals surface area (Å²) in [4.78, 5) is 45.1. The predicted octanol–water partition coefficient (Wildman–Crippen LogP) is 3.92. The molecule has 1 aliphatic rings. The number of nitrogens with zero attached hydrogens (tertiary/aromatic N) is 4. The first kappa shape index (κ1) is 23.1. The number of hydrogen-bond donors (Lipinski definition) is 2. The fraction of sp³-hybridized carbons (Fsp3) is 0.185. The minimum Gasteiger partial charge on any atom is -0.366 e. The summed E-state index contributed by atoms with van der Waals surface area (Å²) in [5.41, 5.74) is 10.4. The minimum atomic E-state index is -0.569. The first-order chi connectivity index (χ1) is 17.2. The van der Waals surface area contributed by atoms with Gasteiger partial charge in [0.25, 0.3) is 5.91 Å². The number of urea groups is 1. The van der Waals surface area contributed by atoms with Crippen LogP contribution in [0.3, 0.4) is 0 Å². The predicted molar refractivity (Wildman–Crippen MR) is 138 cm³/mol. The van der Waals surface area contributed by atoms with Gasteiger partial charge in [-0.15, -0.1) is 0 Å². The fourth-order valence-electron chi connectivity index (χ4n) is 4.61. The van der Waals surface area contributed by atoms with E-state index in [1.807, 2.05) is 61.0 Å². The highest BCUT2D eigenvalue weighted by molar-refractivity contribution is 6.08. The molecule has 1 aliphatic heterocycles. The van der Waals surface area contributed by atoms with Crippen LogP contribution in [-0.2, 0) is 0 Å². The molecule has 36 heavy (non-hydrogen) atoms. The molecule has 2 aromatic heterocycles. The molecule has 182 valence electrons. The summed E-state index contributed by atoms with van der Waals surface area (Å²) in [6, 6.07) is 16.3. The van der Waals surface area contributed by atoms with Crippen molar-refractivity contribution in [2.75, 3.05) is 23.8 Å². The van der Waals surface area contributed by atoms with Crippen LogP contribution < -0.4 is 16.0 Å². The molecule has 4 aromatic rings. The van der Waals surface area contributed by atoms with E-state index in [2.05, 4.69) is 10.3 Å². The Morgan fingerprint density at radius 2 is 1.81 bits per heavy atom. The summed E-state index contributed by atoms with van der Waals surface area (Å²) in [5, 5.41) is 2.81. The number of rotatable bonds is 5. The van der Waals surface area contributed by atoms with Crippen LogP contribution >= 0.6 is 0 Å². The van der Waals surface area contributed by atoms with Gasteiger partial charge in [-0.2, -0.15) is 0 Å². The van der Waals surface area contributed by atoms with Gasteiger partial charge in [-0.25, -0.2) is 9.78 Å². The van der Waals surface area contributed by atoms with Gasteiger partial charge in [0.1, 0.15) is 0 Å². The van der Waals surface area contributed by atoms with E-state index in [4.69, 9.17) is 5.73 Å². The number of primary amides is 1. The number of benzene rings is 2. The number of hydrogen-bond acceptors (Lipinski definition) is 4. The number of nitrogens with one attached hydrogen (secondary N) is 1. The summed E-state index contributed by atoms with van der Waals surface area (Å²) in [7, 11) is 1.80. The number of carbonyl (C=O) groups is 3. The quantitative estimate of drug-likeness (QED) is 0.449. The third-order valence-electron chi connectivity index (χ3n) is 6.32. The molecule has 0 spiro atoms. The van der Waals surface area contributed by atoms with Crippen molar-refractivity contribution in [3.05, 3.63) is 83.9 Å². The van der Waals surface area contributed by atoms with Crippen molar-refractivity contribution >= 4 is 34.7 Å². The molecule has 0 radical (unpaired) electrons. The Morgan fingerprint density at radius 3 is 2.47 bits per heavy atom. The minimum absolute atomic E-state index is 0.0107. The van der Waals surface area contributed by atoms with Crippen LogP contribution in [0.1, 0.15) is 33.5 Å². The molecule has 1 unspecified atom stereocenters. The van der Waals surface area contributed by atoms with Crippen LogP contribution in [0.2, 0.25) is 0 Å². The summed E-state index contributed by atoms with van der Waals surface area (Å²) < 4.78 is 1.88. The normalized spacial score (nSPS) is 15.5. The fourth-order valence-corrected chi connectivity index (χ4v) is 4.61. The molecule has 1 atom stereocenters. The second-order valence-corrected chi connectivity index (χ2v) is 9.08. The lowest BCUT2D eigenvalue weighted by Gasteiger charge is -2.20. The van der Waals surface area contributed by atoms with Crippen molar-refractivity contribution in [1.82, 2.24) is 14.3 Å². The number of likely N-dealkylation sites (N-methyl/N-ethyl adjacent to an activating group) is 1. The first-order valence-electron chi connectivity index (χ1n) is 11.6. The number of amides is 4. The second-order valence-electron chi connectivity index (χ2n) is 9.08. The van der Waals surface area contributed by atoms with Crippen LogP contribution in [0, 0.1) is 6.92 Å². The Labute approximate surface area is 208 Å². The van der Waals surface area contributed by atoms with E-state index < -0.39 is 11.8 Å². The highest BCUT2D eigenvalue weighted by atomic mass is 16.2. The van der Waals surface area contributed by atoms with Crippen molar-refractivity contribution in [3.8, 4) is 11.1 Å². The van der Waals surface area contributed by atoms with Crippen LogP contribution in [0.5, 0.6) is 0 Å². The zero-order chi connectivity index (χ0) is 25.6. The largest absolute Gasteiger partial charge is 0.366 e. The molecule has 2 aromatic carbocycles. The highest BCUT2D eigenvalue weighted by Gasteiger charge is 2.33. The van der Waals surface area contributed by atoms with E-state index >= 15 is 0 Å². The molecule has 9 heteroatoms. The monoisotopic (exact) mass is 482 g/mol. The number of fused-ring (bicyclic) bond motifs is 1. The molecule has 3 heterocycles. The third-order valence-corrected chi connectivity index (χ3v) is 6.32. The van der Waals surface area contributed by atoms with Gasteiger partial charge in [0.2, 0.25) is 5.91 Å². The zero-order valence-corrected chi connectivity index (χ0v) is 20.2. The average molecular weight is 483 g/mol. The lowest BCUT2D eigenvalue weighted by Crippen LogP contribution is -2.32. The standard InChI is InChI=1S/C27H26N6O3/c1-16-13-32-15-20(18-7-9-22(10-8-18)33-17(2)14-31(3)27(33)36)12-23(32)24(29-16)26(35)30-21-6-4-5-19(11-21)25(28)34/h4-13,15,17H,14H2,1-3H3,(H2,28,34)(H,30,35). The van der Waals surface area contributed by atoms with Crippen LogP contribution in [0.4, 0.5) is 16.2 Å². The Balaban J connectivity index is 1.45. The molecule has 1 saturated heterocycles. The lowest BCUT2D eigenvalue weighted by atomic mass is 10.1. The maximum Gasteiger partial charge on any atom is 0.324 e. The maximum absolute atomic E-state index is 13.1. The van der Waals surface area contributed by atoms with E-state index in [0.717, 1.165) is 16.8 Å². The molecule has 9 nitrogen and oxygen atoms in total. The van der Waals surface area contributed by atoms with Gasteiger partial charge in [-0.3, -0.25) is 14.5 Å². The van der Waals surface area contributed by atoms with Crippen LogP contribution in [-0.4, -0.2) is 51.8 Å². The number of aromatic nitrogens is 2. The van der Waals surface area contributed by atoms with Crippen molar-refractivity contribution < 1.29 is 14.4 Å². The van der Waals surface area contributed by atoms with Gasteiger partial charge in [0.05, 0.1) is 17.3 Å². The number of nitrogens with two attached hydrogens (primary N) is 1. The molecule has 0 aliphatic carbocycles. The van der Waals surface area contributed by atoms with Crippen molar-refractivity contribution in [2.24, 2.45) is 5.73 Å². The van der Waals surface area contributed by atoms with E-state index in [9.17, 15) is 14.4 Å². The first-order valence-corrected chi connectivity index (χ1v) is 11.6. The SMILES string of the molecule is Cc1cn2cc(-c3ccc(N4C(=O)N(C)CC4C)cc3)cc2c(C(=O)Nc2cccc(C(N)=O)c2)n1. The van der Waals surface area contributed by atoms with Crippen molar-refractivity contribution in [2.45, 2.75) is 19.9 Å². The molecular weight excluding hydrogens is 456 g/mol. The molecule has 0 bridgehead atoms. The summed E-state index contributed by atoms with van der Waals surface area (Å²) in [5.74, 6) is -0.962. The third kappa shape index (κ3) is 4.15. The van der Waals surface area contributed by atoms with Gasteiger partial charge in [-0.05, 0) is 55.8 Å². The number of carbonyl (C=O) groups excluding carboxylic acids is 3. The Morgan fingerprint density at radius 1 is 1.06 bits per heavy atom. The lowest BCUT2D eigenvalue weighted by molar-refractivity contribution is 0.0995. The maximum atomic E-state index is 13.1. The Bertz CT molecular complexity index is 1510. The molecule has 1 fully saturated rings. The van der Waals surface area contributed by atoms with Gasteiger partial charge in [0.15, 0.2) is 5.69 Å². The van der Waals surface area contributed by atoms with Crippen molar-refractivity contribution in [1.29, 1.82) is 0 Å².